The van der Waals surface area contributed by atoms with E-state index < -0.39 is 0 Å². The molecule has 1 amide bonds. The number of aromatic nitrogens is 1. The number of ether oxygens (including phenoxy) is 1. The van der Waals surface area contributed by atoms with E-state index in [0.29, 0.717) is 13.2 Å². The Morgan fingerprint density at radius 3 is 3.14 bits per heavy atom. The van der Waals surface area contributed by atoms with Crippen molar-refractivity contribution in [1.29, 1.82) is 0 Å². The summed E-state index contributed by atoms with van der Waals surface area (Å²) in [6.07, 6.45) is 2.32. The van der Waals surface area contributed by atoms with E-state index in [1.54, 1.807) is 0 Å². The second kappa shape index (κ2) is 6.08. The highest BCUT2D eigenvalue weighted by atomic mass is 35.5. The first-order valence-corrected chi connectivity index (χ1v) is 7.69. The van der Waals surface area contributed by atoms with E-state index in [9.17, 15) is 4.79 Å². The van der Waals surface area contributed by atoms with Gasteiger partial charge in [-0.15, -0.1) is 0 Å². The first-order valence-electron chi connectivity index (χ1n) is 7.31. The molecule has 112 valence electrons. The highest BCUT2D eigenvalue weighted by Gasteiger charge is 2.23. The lowest BCUT2D eigenvalue weighted by Crippen LogP contribution is -2.35. The number of rotatable bonds is 4. The summed E-state index contributed by atoms with van der Waals surface area (Å²) in [5.74, 6) is 0.00280. The molecule has 21 heavy (non-hydrogen) atoms. The van der Waals surface area contributed by atoms with Crippen LogP contribution in [0.25, 0.3) is 10.9 Å². The Morgan fingerprint density at radius 1 is 1.52 bits per heavy atom. The van der Waals surface area contributed by atoms with Crippen LogP contribution in [0.5, 0.6) is 0 Å². The fourth-order valence-corrected chi connectivity index (χ4v) is 3.06. The van der Waals surface area contributed by atoms with Crippen molar-refractivity contribution in [2.24, 2.45) is 0 Å². The second-order valence-corrected chi connectivity index (χ2v) is 5.90. The Kier molecular flexibility index (Phi) is 4.17. The number of H-pyrrole nitrogens is 1. The molecule has 2 N–H and O–H groups in total. The number of fused-ring (bicyclic) bond motifs is 1. The van der Waals surface area contributed by atoms with Crippen LogP contribution in [-0.4, -0.2) is 30.1 Å². The molecule has 0 saturated carbocycles. The van der Waals surface area contributed by atoms with Crippen LogP contribution in [0.4, 0.5) is 0 Å². The molecule has 0 bridgehead atoms. The van der Waals surface area contributed by atoms with Crippen LogP contribution in [0.15, 0.2) is 18.2 Å². The third-order valence-electron chi connectivity index (χ3n) is 3.98. The van der Waals surface area contributed by atoms with Gasteiger partial charge in [0.15, 0.2) is 0 Å². The summed E-state index contributed by atoms with van der Waals surface area (Å²) < 4.78 is 5.38. The standard InChI is InChI=1S/C16H19ClN2O2/c1-10-12(13-9-11(17)4-5-14(13)19-10)6-7-18-16(20)15-3-2-8-21-15/h4-5,9,15,19H,2-3,6-8H2,1H3,(H,18,20). The van der Waals surface area contributed by atoms with Gasteiger partial charge in [0.2, 0.25) is 5.91 Å². The van der Waals surface area contributed by atoms with E-state index in [1.807, 2.05) is 25.1 Å². The summed E-state index contributed by atoms with van der Waals surface area (Å²) in [5.41, 5.74) is 3.41. The topological polar surface area (TPSA) is 54.1 Å². The SMILES string of the molecule is Cc1[nH]c2ccc(Cl)cc2c1CCNC(=O)C1CCCO1. The number of amides is 1. The van der Waals surface area contributed by atoms with Gasteiger partial charge in [-0.2, -0.15) is 0 Å². The summed E-state index contributed by atoms with van der Waals surface area (Å²) >= 11 is 6.07. The Balaban J connectivity index is 1.66. The highest BCUT2D eigenvalue weighted by Crippen LogP contribution is 2.25. The molecule has 0 radical (unpaired) electrons. The van der Waals surface area contributed by atoms with Crippen LogP contribution in [0.2, 0.25) is 5.02 Å². The van der Waals surface area contributed by atoms with Crippen molar-refractivity contribution in [2.45, 2.75) is 32.3 Å². The fraction of sp³-hybridized carbons (Fsp3) is 0.438. The van der Waals surface area contributed by atoms with Crippen molar-refractivity contribution in [3.63, 3.8) is 0 Å². The van der Waals surface area contributed by atoms with Gasteiger partial charge in [-0.05, 0) is 49.9 Å². The number of aromatic amines is 1. The zero-order valence-corrected chi connectivity index (χ0v) is 12.8. The van der Waals surface area contributed by atoms with E-state index in [4.69, 9.17) is 16.3 Å². The molecule has 1 aromatic heterocycles. The lowest BCUT2D eigenvalue weighted by Gasteiger charge is -2.10. The number of aryl methyl sites for hydroxylation is 1. The van der Waals surface area contributed by atoms with Gasteiger partial charge in [0, 0.05) is 34.8 Å². The number of carbonyl (C=O) groups excluding carboxylic acids is 1. The number of carbonyl (C=O) groups is 1. The van der Waals surface area contributed by atoms with E-state index in [1.165, 1.54) is 5.56 Å². The summed E-state index contributed by atoms with van der Waals surface area (Å²) in [4.78, 5) is 15.3. The lowest BCUT2D eigenvalue weighted by atomic mass is 10.1. The van der Waals surface area contributed by atoms with Gasteiger partial charge in [-0.1, -0.05) is 11.6 Å². The van der Waals surface area contributed by atoms with Gasteiger partial charge in [0.05, 0.1) is 0 Å². The molecule has 1 aliphatic rings. The first kappa shape index (κ1) is 14.4. The maximum atomic E-state index is 11.9. The first-order chi connectivity index (χ1) is 10.1. The minimum atomic E-state index is -0.261. The predicted octanol–water partition coefficient (Wildman–Crippen LogP) is 2.97. The number of hydrogen-bond acceptors (Lipinski definition) is 2. The zero-order valence-electron chi connectivity index (χ0n) is 12.0. The molecule has 4 nitrogen and oxygen atoms in total. The van der Waals surface area contributed by atoms with Gasteiger partial charge >= 0.3 is 0 Å². The summed E-state index contributed by atoms with van der Waals surface area (Å²) in [7, 11) is 0. The molecule has 1 atom stereocenters. The maximum Gasteiger partial charge on any atom is 0.249 e. The molecule has 2 aromatic rings. The van der Waals surface area contributed by atoms with Crippen LogP contribution in [0.1, 0.15) is 24.1 Å². The molecule has 0 spiro atoms. The van der Waals surface area contributed by atoms with Gasteiger partial charge in [-0.25, -0.2) is 0 Å². The van der Waals surface area contributed by atoms with Crippen LogP contribution in [0, 0.1) is 6.92 Å². The number of hydrogen-bond donors (Lipinski definition) is 2. The Bertz CT molecular complexity index is 660. The lowest BCUT2D eigenvalue weighted by molar-refractivity contribution is -0.129. The molecule has 1 aliphatic heterocycles. The smallest absolute Gasteiger partial charge is 0.249 e. The molecule has 5 heteroatoms. The number of benzene rings is 1. The van der Waals surface area contributed by atoms with Crippen molar-refractivity contribution < 1.29 is 9.53 Å². The zero-order chi connectivity index (χ0) is 14.8. The summed E-state index contributed by atoms with van der Waals surface area (Å²) in [5, 5.41) is 4.82. The molecule has 2 heterocycles. The van der Waals surface area contributed by atoms with Crippen molar-refractivity contribution in [3.05, 3.63) is 34.5 Å². The molecule has 3 rings (SSSR count). The maximum absolute atomic E-state index is 11.9. The van der Waals surface area contributed by atoms with Gasteiger partial charge in [0.25, 0.3) is 0 Å². The predicted molar refractivity (Wildman–Crippen MR) is 83.7 cm³/mol. The third kappa shape index (κ3) is 3.06. The average Bonchev–Trinajstić information content (AvgIpc) is 3.08. The normalized spacial score (nSPS) is 18.3. The molecule has 1 aromatic carbocycles. The molecule has 1 fully saturated rings. The quantitative estimate of drug-likeness (QED) is 0.912. The minimum Gasteiger partial charge on any atom is -0.368 e. The van der Waals surface area contributed by atoms with Crippen LogP contribution in [0.3, 0.4) is 0 Å². The monoisotopic (exact) mass is 306 g/mol. The minimum absolute atomic E-state index is 0.00280. The van der Waals surface area contributed by atoms with Crippen molar-refractivity contribution >= 4 is 28.4 Å². The van der Waals surface area contributed by atoms with Crippen molar-refractivity contribution in [1.82, 2.24) is 10.3 Å². The highest BCUT2D eigenvalue weighted by molar-refractivity contribution is 6.31. The summed E-state index contributed by atoms with van der Waals surface area (Å²) in [6, 6.07) is 5.83. The van der Waals surface area contributed by atoms with E-state index in [2.05, 4.69) is 10.3 Å². The van der Waals surface area contributed by atoms with E-state index >= 15 is 0 Å². The second-order valence-electron chi connectivity index (χ2n) is 5.46. The van der Waals surface area contributed by atoms with E-state index in [0.717, 1.165) is 40.9 Å². The number of halogens is 1. The van der Waals surface area contributed by atoms with Crippen LogP contribution < -0.4 is 5.32 Å². The Morgan fingerprint density at radius 2 is 2.38 bits per heavy atom. The number of nitrogens with one attached hydrogen (secondary N) is 2. The fourth-order valence-electron chi connectivity index (χ4n) is 2.89. The van der Waals surface area contributed by atoms with E-state index in [-0.39, 0.29) is 12.0 Å². The Labute approximate surface area is 128 Å². The van der Waals surface area contributed by atoms with Gasteiger partial charge in [-0.3, -0.25) is 4.79 Å². The molecular formula is C16H19ClN2O2. The van der Waals surface area contributed by atoms with Gasteiger partial charge < -0.3 is 15.0 Å². The molecule has 0 aliphatic carbocycles. The average molecular weight is 307 g/mol. The van der Waals surface area contributed by atoms with Crippen molar-refractivity contribution in [3.8, 4) is 0 Å². The van der Waals surface area contributed by atoms with Crippen LogP contribution in [-0.2, 0) is 16.0 Å². The Hall–Kier alpha value is -1.52. The van der Waals surface area contributed by atoms with Crippen LogP contribution >= 0.6 is 11.6 Å². The summed E-state index contributed by atoms with van der Waals surface area (Å²) in [6.45, 7) is 3.35. The molecule has 1 saturated heterocycles. The van der Waals surface area contributed by atoms with Crippen molar-refractivity contribution in [2.75, 3.05) is 13.2 Å². The molecular weight excluding hydrogens is 288 g/mol. The van der Waals surface area contributed by atoms with Gasteiger partial charge in [0.1, 0.15) is 6.10 Å². The molecule has 1 unspecified atom stereocenters. The third-order valence-corrected chi connectivity index (χ3v) is 4.21. The largest absolute Gasteiger partial charge is 0.368 e.